The van der Waals surface area contributed by atoms with E-state index in [9.17, 15) is 9.59 Å². The molecule has 0 amide bonds. The normalized spacial score (nSPS) is 12.4. The molecule has 0 saturated heterocycles. The molecule has 2 aromatic carbocycles. The molecule has 0 radical (unpaired) electrons. The fraction of sp³-hybridized carbons (Fsp3) is 0.0500. The number of carbonyl (C=O) groups is 2. The first kappa shape index (κ1) is 16.4. The van der Waals surface area contributed by atoms with Gasteiger partial charge in [0.2, 0.25) is 0 Å². The summed E-state index contributed by atoms with van der Waals surface area (Å²) in [4.78, 5) is 28.2. The van der Waals surface area contributed by atoms with Crippen LogP contribution in [-0.4, -0.2) is 32.5 Å². The van der Waals surface area contributed by atoms with Crippen molar-refractivity contribution in [3.05, 3.63) is 70.9 Å². The summed E-state index contributed by atoms with van der Waals surface area (Å²) in [5, 5.41) is 22.2. The number of aliphatic imine (C=N–C) groups is 1. The molecule has 0 fully saturated rings. The van der Waals surface area contributed by atoms with Crippen LogP contribution in [0.5, 0.6) is 0 Å². The lowest BCUT2D eigenvalue weighted by molar-refractivity contribution is 0.0696. The van der Waals surface area contributed by atoms with Crippen LogP contribution in [0.2, 0.25) is 0 Å². The number of benzene rings is 2. The number of aromatic carboxylic acids is 1. The standard InChI is InChI=1S/C20H12N4O3/c1-11-16(13-6-8-15(9-7-13)20(26)27)18-22-17(19(25)24(18)23-11)14-4-2-12(10-21)3-5-14/h2-9H,1H3,(H,26,27). The van der Waals surface area contributed by atoms with E-state index in [1.165, 1.54) is 16.8 Å². The minimum Gasteiger partial charge on any atom is -0.478 e. The molecular formula is C20H12N4O3. The average molecular weight is 356 g/mol. The minimum absolute atomic E-state index is 0.179. The van der Waals surface area contributed by atoms with Crippen molar-refractivity contribution in [1.29, 1.82) is 5.26 Å². The monoisotopic (exact) mass is 356 g/mol. The topological polar surface area (TPSA) is 108 Å². The van der Waals surface area contributed by atoms with Crippen molar-refractivity contribution < 1.29 is 14.7 Å². The highest BCUT2D eigenvalue weighted by atomic mass is 16.4. The van der Waals surface area contributed by atoms with Crippen LogP contribution in [0, 0.1) is 18.3 Å². The summed E-state index contributed by atoms with van der Waals surface area (Å²) in [5.41, 5.74) is 3.58. The van der Waals surface area contributed by atoms with Crippen LogP contribution in [0.4, 0.5) is 5.82 Å². The molecule has 4 rings (SSSR count). The third kappa shape index (κ3) is 2.60. The minimum atomic E-state index is -1.00. The molecule has 27 heavy (non-hydrogen) atoms. The second-order valence-corrected chi connectivity index (χ2v) is 6.03. The summed E-state index contributed by atoms with van der Waals surface area (Å²) in [5.74, 6) is -0.930. The highest BCUT2D eigenvalue weighted by Crippen LogP contribution is 2.37. The van der Waals surface area contributed by atoms with Crippen LogP contribution in [0.15, 0.2) is 53.5 Å². The Labute approximate surface area is 153 Å². The number of hydrogen-bond acceptors (Lipinski definition) is 5. The molecular weight excluding hydrogens is 344 g/mol. The fourth-order valence-corrected chi connectivity index (χ4v) is 3.02. The molecule has 1 aliphatic rings. The number of aryl methyl sites for hydroxylation is 1. The second-order valence-electron chi connectivity index (χ2n) is 6.03. The van der Waals surface area contributed by atoms with Gasteiger partial charge in [-0.1, -0.05) is 24.3 Å². The number of fused-ring (bicyclic) bond motifs is 1. The molecule has 0 spiro atoms. The first-order valence-corrected chi connectivity index (χ1v) is 8.07. The molecule has 0 atom stereocenters. The Morgan fingerprint density at radius 3 is 2.30 bits per heavy atom. The summed E-state index contributed by atoms with van der Waals surface area (Å²) in [7, 11) is 0. The van der Waals surface area contributed by atoms with Crippen LogP contribution in [-0.2, 0) is 0 Å². The van der Waals surface area contributed by atoms with Gasteiger partial charge in [-0.3, -0.25) is 4.79 Å². The van der Waals surface area contributed by atoms with Crippen molar-refractivity contribution in [2.45, 2.75) is 6.92 Å². The van der Waals surface area contributed by atoms with E-state index in [1.807, 2.05) is 6.07 Å². The van der Waals surface area contributed by atoms with Gasteiger partial charge in [-0.25, -0.2) is 9.79 Å². The van der Waals surface area contributed by atoms with Gasteiger partial charge in [0.05, 0.1) is 22.9 Å². The Morgan fingerprint density at radius 2 is 1.70 bits per heavy atom. The molecule has 0 saturated carbocycles. The number of aromatic nitrogens is 2. The number of carbonyl (C=O) groups excluding carboxylic acids is 1. The molecule has 1 N–H and O–H groups in total. The molecule has 0 unspecified atom stereocenters. The molecule has 0 bridgehead atoms. The van der Waals surface area contributed by atoms with Crippen molar-refractivity contribution in [1.82, 2.24) is 9.78 Å². The van der Waals surface area contributed by atoms with Crippen LogP contribution in [0.3, 0.4) is 0 Å². The van der Waals surface area contributed by atoms with Gasteiger partial charge in [-0.2, -0.15) is 15.0 Å². The van der Waals surface area contributed by atoms with E-state index in [0.29, 0.717) is 28.2 Å². The summed E-state index contributed by atoms with van der Waals surface area (Å²) < 4.78 is 1.25. The first-order valence-electron chi connectivity index (χ1n) is 8.07. The maximum absolute atomic E-state index is 12.7. The predicted octanol–water partition coefficient (Wildman–Crippen LogP) is 3.20. The quantitative estimate of drug-likeness (QED) is 0.775. The zero-order valence-electron chi connectivity index (χ0n) is 14.2. The van der Waals surface area contributed by atoms with Crippen LogP contribution in [0.1, 0.15) is 32.0 Å². The maximum atomic E-state index is 12.7. The largest absolute Gasteiger partial charge is 0.478 e. The first-order chi connectivity index (χ1) is 13.0. The third-order valence-electron chi connectivity index (χ3n) is 4.36. The summed E-state index contributed by atoms with van der Waals surface area (Å²) in [6.45, 7) is 1.77. The van der Waals surface area contributed by atoms with Crippen LogP contribution in [0.25, 0.3) is 11.1 Å². The van der Waals surface area contributed by atoms with E-state index in [4.69, 9.17) is 10.4 Å². The average Bonchev–Trinajstić information content (AvgIpc) is 3.17. The van der Waals surface area contributed by atoms with Gasteiger partial charge in [-0.05, 0) is 36.8 Å². The number of carboxylic acids is 1. The number of carboxylic acid groups (broad SMARTS) is 1. The van der Waals surface area contributed by atoms with Gasteiger partial charge in [0.25, 0.3) is 5.91 Å². The summed E-state index contributed by atoms with van der Waals surface area (Å²) in [6, 6.07) is 15.0. The fourth-order valence-electron chi connectivity index (χ4n) is 3.02. The maximum Gasteiger partial charge on any atom is 0.335 e. The lowest BCUT2D eigenvalue weighted by Crippen LogP contribution is -2.18. The summed E-state index contributed by atoms with van der Waals surface area (Å²) in [6.07, 6.45) is 0. The van der Waals surface area contributed by atoms with Crippen molar-refractivity contribution in [2.75, 3.05) is 0 Å². The molecule has 1 aromatic heterocycles. The SMILES string of the molecule is Cc1nn2c(c1-c1ccc(C(=O)O)cc1)N=C(c1ccc(C#N)cc1)C2=O. The van der Waals surface area contributed by atoms with E-state index in [-0.39, 0.29) is 17.2 Å². The van der Waals surface area contributed by atoms with Gasteiger partial charge in [0.1, 0.15) is 5.71 Å². The van der Waals surface area contributed by atoms with E-state index in [2.05, 4.69) is 10.1 Å². The number of nitriles is 1. The highest BCUT2D eigenvalue weighted by molar-refractivity contribution is 6.48. The van der Waals surface area contributed by atoms with Crippen LogP contribution >= 0.6 is 0 Å². The van der Waals surface area contributed by atoms with Crippen molar-refractivity contribution >= 4 is 23.4 Å². The van der Waals surface area contributed by atoms with Crippen molar-refractivity contribution in [3.63, 3.8) is 0 Å². The zero-order chi connectivity index (χ0) is 19.1. The molecule has 7 nitrogen and oxygen atoms in total. The smallest absolute Gasteiger partial charge is 0.335 e. The Bertz CT molecular complexity index is 1160. The van der Waals surface area contributed by atoms with Gasteiger partial charge in [0, 0.05) is 11.1 Å². The summed E-state index contributed by atoms with van der Waals surface area (Å²) >= 11 is 0. The number of hydrogen-bond donors (Lipinski definition) is 1. The number of nitrogens with zero attached hydrogens (tertiary/aromatic N) is 4. The van der Waals surface area contributed by atoms with Crippen molar-refractivity contribution in [3.8, 4) is 17.2 Å². The lowest BCUT2D eigenvalue weighted by Gasteiger charge is -2.02. The lowest BCUT2D eigenvalue weighted by atomic mass is 10.0. The van der Waals surface area contributed by atoms with Gasteiger partial charge >= 0.3 is 5.97 Å². The highest BCUT2D eigenvalue weighted by Gasteiger charge is 2.31. The molecule has 130 valence electrons. The Morgan fingerprint density at radius 1 is 1.07 bits per heavy atom. The van der Waals surface area contributed by atoms with Crippen molar-refractivity contribution in [2.24, 2.45) is 4.99 Å². The molecule has 0 aliphatic carbocycles. The van der Waals surface area contributed by atoms with E-state index in [0.717, 1.165) is 5.56 Å². The Balaban J connectivity index is 1.80. The predicted molar refractivity (Wildman–Crippen MR) is 97.3 cm³/mol. The molecule has 1 aliphatic heterocycles. The molecule has 2 heterocycles. The molecule has 3 aromatic rings. The van der Waals surface area contributed by atoms with Crippen LogP contribution < -0.4 is 0 Å². The van der Waals surface area contributed by atoms with E-state index < -0.39 is 5.97 Å². The van der Waals surface area contributed by atoms with Gasteiger partial charge < -0.3 is 5.11 Å². The Kier molecular flexibility index (Phi) is 3.67. The third-order valence-corrected chi connectivity index (χ3v) is 4.36. The van der Waals surface area contributed by atoms with E-state index in [1.54, 1.807) is 43.3 Å². The van der Waals surface area contributed by atoms with E-state index >= 15 is 0 Å². The van der Waals surface area contributed by atoms with Gasteiger partial charge in [-0.15, -0.1) is 0 Å². The van der Waals surface area contributed by atoms with Gasteiger partial charge in [0.15, 0.2) is 5.82 Å². The number of rotatable bonds is 3. The second kappa shape index (κ2) is 6.04. The zero-order valence-corrected chi connectivity index (χ0v) is 14.2. The Hall–Kier alpha value is -4.05. The molecule has 7 heteroatoms.